The van der Waals surface area contributed by atoms with E-state index in [1.165, 1.54) is 0 Å². The number of amides is 1. The molecule has 0 aromatic carbocycles. The molecule has 0 aliphatic carbocycles. The molecule has 5 N–H and O–H groups in total. The Bertz CT molecular complexity index is 128. The van der Waals surface area contributed by atoms with Crippen molar-refractivity contribution in [1.29, 1.82) is 0 Å². The zero-order valence-electron chi connectivity index (χ0n) is 7.18. The molecule has 66 valence electrons. The Kier molecular flexibility index (Phi) is 4.07. The first-order valence-electron chi connectivity index (χ1n) is 3.75. The quantitative estimate of drug-likeness (QED) is 0.469. The molecular weight excluding hydrogens is 142 g/mol. The summed E-state index contributed by atoms with van der Waals surface area (Å²) >= 11 is 0. The molecule has 0 unspecified atom stereocenters. The summed E-state index contributed by atoms with van der Waals surface area (Å²) in [6.45, 7) is 4.54. The Hall–Kier alpha value is -0.610. The molecule has 0 rings (SSSR count). The van der Waals surface area contributed by atoms with Crippen LogP contribution in [0.2, 0.25) is 0 Å². The van der Waals surface area contributed by atoms with Crippen molar-refractivity contribution in [3.8, 4) is 0 Å². The van der Waals surface area contributed by atoms with E-state index in [9.17, 15) is 4.79 Å². The number of carbonyl (C=O) groups is 1. The van der Waals surface area contributed by atoms with E-state index in [1.54, 1.807) is 13.8 Å². The van der Waals surface area contributed by atoms with E-state index < -0.39 is 5.54 Å². The van der Waals surface area contributed by atoms with Crippen molar-refractivity contribution in [1.82, 2.24) is 5.32 Å². The minimum absolute atomic E-state index is 0.133. The van der Waals surface area contributed by atoms with Gasteiger partial charge in [-0.05, 0) is 26.8 Å². The first-order chi connectivity index (χ1) is 4.98. The normalized spacial score (nSPS) is 11.3. The minimum atomic E-state index is -0.783. The fourth-order valence-electron chi connectivity index (χ4n) is 0.532. The van der Waals surface area contributed by atoms with Crippen LogP contribution in [0, 0.1) is 0 Å². The molecule has 0 aromatic heterocycles. The van der Waals surface area contributed by atoms with Crippen LogP contribution in [0.5, 0.6) is 0 Å². The Labute approximate surface area is 67.3 Å². The molecule has 4 heteroatoms. The maximum Gasteiger partial charge on any atom is 0.239 e. The summed E-state index contributed by atoms with van der Waals surface area (Å²) in [4.78, 5) is 11.1. The molecule has 4 nitrogen and oxygen atoms in total. The second kappa shape index (κ2) is 4.31. The first kappa shape index (κ1) is 10.4. The number of hydrogen-bond acceptors (Lipinski definition) is 3. The fraction of sp³-hybridized carbons (Fsp3) is 0.857. The fourth-order valence-corrected chi connectivity index (χ4v) is 0.532. The van der Waals surface area contributed by atoms with Crippen molar-refractivity contribution in [2.75, 3.05) is 13.1 Å². The van der Waals surface area contributed by atoms with E-state index >= 15 is 0 Å². The van der Waals surface area contributed by atoms with Crippen LogP contribution >= 0.6 is 0 Å². The summed E-state index contributed by atoms with van der Waals surface area (Å²) in [5.41, 5.74) is 9.98. The van der Waals surface area contributed by atoms with Crippen LogP contribution in [0.1, 0.15) is 20.3 Å². The van der Waals surface area contributed by atoms with Crippen LogP contribution in [0.25, 0.3) is 0 Å². The third kappa shape index (κ3) is 4.75. The lowest BCUT2D eigenvalue weighted by molar-refractivity contribution is -0.125. The van der Waals surface area contributed by atoms with E-state index in [0.29, 0.717) is 13.1 Å². The van der Waals surface area contributed by atoms with E-state index in [2.05, 4.69) is 5.32 Å². The van der Waals surface area contributed by atoms with Gasteiger partial charge in [-0.1, -0.05) is 0 Å². The number of nitrogens with two attached hydrogens (primary N) is 2. The molecule has 1 amide bonds. The summed E-state index contributed by atoms with van der Waals surface area (Å²) in [6, 6.07) is 0. The summed E-state index contributed by atoms with van der Waals surface area (Å²) in [7, 11) is 0. The maximum atomic E-state index is 11.1. The van der Waals surface area contributed by atoms with Gasteiger partial charge < -0.3 is 16.8 Å². The van der Waals surface area contributed by atoms with Gasteiger partial charge in [0.15, 0.2) is 0 Å². The molecule has 0 aliphatic heterocycles. The van der Waals surface area contributed by atoms with Crippen LogP contribution in [-0.4, -0.2) is 24.5 Å². The van der Waals surface area contributed by atoms with Gasteiger partial charge in [-0.3, -0.25) is 4.79 Å². The van der Waals surface area contributed by atoms with E-state index in [4.69, 9.17) is 11.5 Å². The molecule has 0 atom stereocenters. The first-order valence-corrected chi connectivity index (χ1v) is 3.75. The predicted molar refractivity (Wildman–Crippen MR) is 44.9 cm³/mol. The SMILES string of the molecule is CC(C)(N)C(=O)NCCCN. The maximum absolute atomic E-state index is 11.1. The minimum Gasteiger partial charge on any atom is -0.354 e. The number of carbonyl (C=O) groups excluding carboxylic acids is 1. The smallest absolute Gasteiger partial charge is 0.239 e. The van der Waals surface area contributed by atoms with Gasteiger partial charge in [0.05, 0.1) is 5.54 Å². The molecule has 0 aromatic rings. The highest BCUT2D eigenvalue weighted by Crippen LogP contribution is 1.94. The molecule has 0 saturated heterocycles. The average molecular weight is 159 g/mol. The lowest BCUT2D eigenvalue weighted by Gasteiger charge is -2.17. The number of rotatable bonds is 4. The summed E-state index contributed by atoms with van der Waals surface area (Å²) in [5, 5.41) is 2.68. The second-order valence-electron chi connectivity index (χ2n) is 3.12. The van der Waals surface area contributed by atoms with Crippen LogP contribution in [-0.2, 0) is 4.79 Å². The number of hydrogen-bond donors (Lipinski definition) is 3. The standard InChI is InChI=1S/C7H17N3O/c1-7(2,9)6(11)10-5-3-4-8/h3-5,8-9H2,1-2H3,(H,10,11). The van der Waals surface area contributed by atoms with Crippen LogP contribution in [0.4, 0.5) is 0 Å². The Morgan fingerprint density at radius 3 is 2.45 bits per heavy atom. The van der Waals surface area contributed by atoms with Crippen molar-refractivity contribution >= 4 is 5.91 Å². The van der Waals surface area contributed by atoms with Crippen molar-refractivity contribution in [3.05, 3.63) is 0 Å². The molecule has 0 spiro atoms. The Balaban J connectivity index is 3.54. The van der Waals surface area contributed by atoms with Crippen LogP contribution in [0.15, 0.2) is 0 Å². The van der Waals surface area contributed by atoms with Crippen LogP contribution in [0.3, 0.4) is 0 Å². The zero-order chi connectivity index (χ0) is 8.91. The highest BCUT2D eigenvalue weighted by Gasteiger charge is 2.20. The Morgan fingerprint density at radius 2 is 2.09 bits per heavy atom. The van der Waals surface area contributed by atoms with Crippen LogP contribution < -0.4 is 16.8 Å². The second-order valence-corrected chi connectivity index (χ2v) is 3.12. The van der Waals surface area contributed by atoms with Gasteiger partial charge in [0.1, 0.15) is 0 Å². The van der Waals surface area contributed by atoms with E-state index in [0.717, 1.165) is 6.42 Å². The lowest BCUT2D eigenvalue weighted by Crippen LogP contribution is -2.49. The van der Waals surface area contributed by atoms with E-state index in [-0.39, 0.29) is 5.91 Å². The third-order valence-electron chi connectivity index (χ3n) is 1.25. The lowest BCUT2D eigenvalue weighted by atomic mass is 10.1. The Morgan fingerprint density at radius 1 is 1.55 bits per heavy atom. The summed E-state index contributed by atoms with van der Waals surface area (Å²) in [5.74, 6) is -0.133. The monoisotopic (exact) mass is 159 g/mol. The van der Waals surface area contributed by atoms with Crippen molar-refractivity contribution in [2.45, 2.75) is 25.8 Å². The molecule has 0 bridgehead atoms. The molecule has 0 saturated carbocycles. The molecule has 0 aliphatic rings. The van der Waals surface area contributed by atoms with Gasteiger partial charge >= 0.3 is 0 Å². The van der Waals surface area contributed by atoms with Gasteiger partial charge in [-0.25, -0.2) is 0 Å². The third-order valence-corrected chi connectivity index (χ3v) is 1.25. The van der Waals surface area contributed by atoms with Crippen molar-refractivity contribution in [3.63, 3.8) is 0 Å². The zero-order valence-corrected chi connectivity index (χ0v) is 7.18. The topological polar surface area (TPSA) is 81.1 Å². The molecule has 11 heavy (non-hydrogen) atoms. The average Bonchev–Trinajstić information content (AvgIpc) is 1.86. The highest BCUT2D eigenvalue weighted by atomic mass is 16.2. The highest BCUT2D eigenvalue weighted by molar-refractivity contribution is 5.84. The van der Waals surface area contributed by atoms with Gasteiger partial charge in [0.2, 0.25) is 5.91 Å². The molecule has 0 radical (unpaired) electrons. The van der Waals surface area contributed by atoms with Crippen molar-refractivity contribution in [2.24, 2.45) is 11.5 Å². The van der Waals surface area contributed by atoms with Gasteiger partial charge in [0.25, 0.3) is 0 Å². The summed E-state index contributed by atoms with van der Waals surface area (Å²) in [6.07, 6.45) is 0.793. The molecular formula is C7H17N3O. The largest absolute Gasteiger partial charge is 0.354 e. The molecule has 0 fully saturated rings. The predicted octanol–water partition coefficient (Wildman–Crippen LogP) is -0.811. The van der Waals surface area contributed by atoms with Crippen molar-refractivity contribution < 1.29 is 4.79 Å². The number of nitrogens with one attached hydrogen (secondary N) is 1. The van der Waals surface area contributed by atoms with Gasteiger partial charge in [0, 0.05) is 6.54 Å². The summed E-state index contributed by atoms with van der Waals surface area (Å²) < 4.78 is 0. The molecule has 0 heterocycles. The van der Waals surface area contributed by atoms with Gasteiger partial charge in [-0.2, -0.15) is 0 Å². The van der Waals surface area contributed by atoms with Gasteiger partial charge in [-0.15, -0.1) is 0 Å². The van der Waals surface area contributed by atoms with E-state index in [1.807, 2.05) is 0 Å².